The third-order valence-corrected chi connectivity index (χ3v) is 15.5. The topological polar surface area (TPSA) is 217 Å². The molecule has 0 aliphatic carbocycles. The van der Waals surface area contributed by atoms with E-state index in [9.17, 15) is 51.9 Å². The summed E-state index contributed by atoms with van der Waals surface area (Å²) in [6, 6.07) is 25.2. The van der Waals surface area contributed by atoms with Gasteiger partial charge in [-0.15, -0.1) is 21.2 Å². The standard InChI is InChI=1S/C26H20O12P2S4.4Na/c27-41(28,29)23-13-5-1-9-19(23)39(20-10-2-6-14-24(20)42(30,31)32)17-18-40(21-11-3-7-15-25(21)43(33,34)35)22-12-4-8-16-26(22)44(36,37)38;;;;/h1-12H,17-18H2,(H,27,28,29)(H,30,31,32)(H,33,34,35)(H,36,37,38);;;;/q-4;4*+1. The molecule has 0 saturated heterocycles. The summed E-state index contributed by atoms with van der Waals surface area (Å²) in [6.45, 7) is 0. The zero-order valence-corrected chi connectivity index (χ0v) is 39.0. The van der Waals surface area contributed by atoms with Gasteiger partial charge in [0.2, 0.25) is 0 Å². The molecule has 234 valence electrons. The van der Waals surface area contributed by atoms with Gasteiger partial charge in [0.25, 0.3) is 40.5 Å². The molecule has 0 amide bonds. The average molecular weight is 807 g/mol. The molecule has 22 heteroatoms. The van der Waals surface area contributed by atoms with Crippen LogP contribution in [0.3, 0.4) is 0 Å². The monoisotopic (exact) mass is 806 g/mol. The molecule has 0 atom stereocenters. The number of hydrogen-bond donors (Lipinski definition) is 4. The smallest absolute Gasteiger partial charge is 0.283 e. The van der Waals surface area contributed by atoms with Crippen LogP contribution in [0.25, 0.3) is 0 Å². The molecule has 4 rings (SSSR count). The van der Waals surface area contributed by atoms with E-state index in [0.717, 1.165) is 0 Å². The molecule has 0 radical (unpaired) electrons. The minimum atomic E-state index is -4.92. The van der Waals surface area contributed by atoms with Crippen molar-refractivity contribution in [1.82, 2.24) is 0 Å². The molecule has 0 heterocycles. The van der Waals surface area contributed by atoms with Crippen molar-refractivity contribution in [3.05, 3.63) is 97.1 Å². The third kappa shape index (κ3) is 12.5. The molecule has 0 fully saturated rings. The van der Waals surface area contributed by atoms with Crippen LogP contribution < -0.4 is 139 Å². The van der Waals surface area contributed by atoms with Gasteiger partial charge in [0.05, 0.1) is 0 Å². The van der Waals surface area contributed by atoms with E-state index in [1.165, 1.54) is 72.8 Å². The Bertz CT molecular complexity index is 1870. The molecule has 4 N–H and O–H groups in total. The van der Waals surface area contributed by atoms with Gasteiger partial charge in [0.15, 0.2) is 0 Å². The summed E-state index contributed by atoms with van der Waals surface area (Å²) >= 11 is 0. The normalized spacial score (nSPS) is 11.9. The van der Waals surface area contributed by atoms with Gasteiger partial charge in [-0.1, -0.05) is 0 Å². The number of rotatable bonds is 11. The zero-order chi connectivity index (χ0) is 32.5. The molecule has 0 spiro atoms. The molecule has 48 heavy (non-hydrogen) atoms. The van der Waals surface area contributed by atoms with Gasteiger partial charge >= 0.3 is 118 Å². The fraction of sp³-hybridized carbons (Fsp3) is 0.0769. The molecule has 0 bridgehead atoms. The quantitative estimate of drug-likeness (QED) is 0.0481. The van der Waals surface area contributed by atoms with Gasteiger partial charge in [-0.05, 0) is 31.9 Å². The van der Waals surface area contributed by atoms with Crippen LogP contribution in [0, 0.1) is 24.3 Å². The Kier molecular flexibility index (Phi) is 20.7. The van der Waals surface area contributed by atoms with E-state index in [0.29, 0.717) is 0 Å². The van der Waals surface area contributed by atoms with Crippen molar-refractivity contribution in [2.45, 2.75) is 19.6 Å². The fourth-order valence-corrected chi connectivity index (χ4v) is 14.6. The Morgan fingerprint density at radius 1 is 0.417 bits per heavy atom. The maximum Gasteiger partial charge on any atom is 1.00 e. The molecule has 12 nitrogen and oxygen atoms in total. The zero-order valence-electron chi connectivity index (χ0n) is 25.9. The summed E-state index contributed by atoms with van der Waals surface area (Å²) in [7, 11) is -24.0. The maximum atomic E-state index is 12.3. The van der Waals surface area contributed by atoms with E-state index in [2.05, 4.69) is 24.3 Å². The van der Waals surface area contributed by atoms with E-state index < -0.39 is 75.9 Å². The minimum Gasteiger partial charge on any atom is -0.283 e. The van der Waals surface area contributed by atoms with Gasteiger partial charge in [-0.25, -0.2) is 0 Å². The summed E-state index contributed by atoms with van der Waals surface area (Å²) in [4.78, 5) is -2.73. The van der Waals surface area contributed by atoms with Crippen molar-refractivity contribution in [3.8, 4) is 0 Å². The summed E-state index contributed by atoms with van der Waals surface area (Å²) in [5.41, 5.74) is 0. The molecule has 0 aromatic heterocycles. The second-order valence-electron chi connectivity index (χ2n) is 8.74. The Hall–Kier alpha value is 1.38. The fourth-order valence-electron chi connectivity index (χ4n) is 4.27. The maximum absolute atomic E-state index is 12.3. The second kappa shape index (κ2) is 20.2. The van der Waals surface area contributed by atoms with Gasteiger partial charge in [-0.3, -0.25) is 18.2 Å². The molecule has 0 aliphatic rings. The SMILES string of the molecule is O=S(=O)(O)c1[c-]cccc1P(CCP(c1ccc[c-]c1S(=O)(=O)O)c1ccc[c-]c1S(=O)(=O)O)c1ccc[c-]c1S(=O)(=O)O.[Na+].[Na+].[Na+].[Na+]. The largest absolute Gasteiger partial charge is 1.00 e. The van der Waals surface area contributed by atoms with E-state index in [1.54, 1.807) is 0 Å². The van der Waals surface area contributed by atoms with Gasteiger partial charge in [0.1, 0.15) is 0 Å². The van der Waals surface area contributed by atoms with E-state index in [-0.39, 0.29) is 152 Å². The van der Waals surface area contributed by atoms with Crippen LogP contribution in [0.2, 0.25) is 0 Å². The Morgan fingerprint density at radius 3 is 0.771 bits per heavy atom. The van der Waals surface area contributed by atoms with Crippen LogP contribution >= 0.6 is 15.8 Å². The molecular formula is C26H20Na4O12P2S4. The first-order valence-electron chi connectivity index (χ1n) is 11.9. The van der Waals surface area contributed by atoms with E-state index in [4.69, 9.17) is 0 Å². The number of hydrogen-bond acceptors (Lipinski definition) is 8. The van der Waals surface area contributed by atoms with Gasteiger partial charge in [0, 0.05) is 0 Å². The summed E-state index contributed by atoms with van der Waals surface area (Å²) in [6.07, 6.45) is -0.414. The Balaban J connectivity index is 0.00000552. The van der Waals surface area contributed by atoms with Gasteiger partial charge < -0.3 is 0 Å². The van der Waals surface area contributed by atoms with Crippen LogP contribution in [0.15, 0.2) is 92.4 Å². The third-order valence-electron chi connectivity index (χ3n) is 5.93. The summed E-state index contributed by atoms with van der Waals surface area (Å²) in [5, 5.41) is -0.357. The van der Waals surface area contributed by atoms with Crippen molar-refractivity contribution in [1.29, 1.82) is 0 Å². The van der Waals surface area contributed by atoms with Crippen molar-refractivity contribution in [3.63, 3.8) is 0 Å². The van der Waals surface area contributed by atoms with Crippen molar-refractivity contribution < 1.29 is 170 Å². The summed E-state index contributed by atoms with van der Waals surface area (Å²) < 4.78 is 138. The van der Waals surface area contributed by atoms with Crippen LogP contribution in [0.5, 0.6) is 0 Å². The van der Waals surface area contributed by atoms with Crippen LogP contribution in [0.1, 0.15) is 0 Å². The predicted molar refractivity (Wildman–Crippen MR) is 162 cm³/mol. The molecule has 0 saturated carbocycles. The van der Waals surface area contributed by atoms with Gasteiger partial charge in [-0.2, -0.15) is 147 Å². The Morgan fingerprint density at radius 2 is 0.604 bits per heavy atom. The van der Waals surface area contributed by atoms with Crippen LogP contribution in [-0.4, -0.2) is 64.2 Å². The van der Waals surface area contributed by atoms with Crippen LogP contribution in [0.4, 0.5) is 0 Å². The molecule has 0 aliphatic heterocycles. The molecular weight excluding hydrogens is 786 g/mol. The van der Waals surface area contributed by atoms with Crippen molar-refractivity contribution >= 4 is 77.5 Å². The van der Waals surface area contributed by atoms with E-state index >= 15 is 0 Å². The number of benzene rings is 4. The molecule has 0 unspecified atom stereocenters. The summed E-state index contributed by atoms with van der Waals surface area (Å²) in [5.74, 6) is 0. The molecule has 4 aromatic rings. The first-order valence-corrected chi connectivity index (χ1v) is 20.7. The van der Waals surface area contributed by atoms with Crippen molar-refractivity contribution in [2.75, 3.05) is 12.3 Å². The average Bonchev–Trinajstić information content (AvgIpc) is 2.94. The van der Waals surface area contributed by atoms with E-state index in [1.807, 2.05) is 0 Å². The second-order valence-corrected chi connectivity index (χ2v) is 18.7. The predicted octanol–water partition coefficient (Wildman–Crippen LogP) is -10.5. The first-order chi connectivity index (χ1) is 20.4. The molecule has 4 aromatic carbocycles. The minimum absolute atomic E-state index is 0. The Labute approximate surface area is 371 Å². The first kappa shape index (κ1) is 49.4. The van der Waals surface area contributed by atoms with Crippen molar-refractivity contribution in [2.24, 2.45) is 0 Å². The van der Waals surface area contributed by atoms with Crippen LogP contribution in [-0.2, 0) is 40.5 Å².